The molecule has 1 rings (SSSR count). The van der Waals surface area contributed by atoms with E-state index in [4.69, 9.17) is 4.74 Å². The van der Waals surface area contributed by atoms with Gasteiger partial charge < -0.3 is 15.4 Å². The molecule has 1 heterocycles. The Morgan fingerprint density at radius 2 is 2.33 bits per heavy atom. The van der Waals surface area contributed by atoms with Gasteiger partial charge in [-0.2, -0.15) is 0 Å². The third-order valence-corrected chi connectivity index (χ3v) is 2.57. The molecule has 1 fully saturated rings. The maximum Gasteiger partial charge on any atom is 0.246 e. The fourth-order valence-corrected chi connectivity index (χ4v) is 1.67. The van der Waals surface area contributed by atoms with E-state index in [0.29, 0.717) is 18.6 Å². The van der Waals surface area contributed by atoms with Gasteiger partial charge in [0.05, 0.1) is 0 Å². The summed E-state index contributed by atoms with van der Waals surface area (Å²) in [7, 11) is 0. The highest BCUT2D eigenvalue weighted by Crippen LogP contribution is 2.09. The van der Waals surface area contributed by atoms with Crippen LogP contribution >= 0.6 is 12.4 Å². The second kappa shape index (κ2) is 7.91. The first-order chi connectivity index (χ1) is 6.74. The average Bonchev–Trinajstić information content (AvgIpc) is 2.18. The summed E-state index contributed by atoms with van der Waals surface area (Å²) in [5, 5.41) is 6.30. The minimum Gasteiger partial charge on any atom is -0.372 e. The molecule has 0 aromatic rings. The van der Waals surface area contributed by atoms with Gasteiger partial charge in [0.15, 0.2) is 0 Å². The molecule has 0 aromatic carbocycles. The molecular formula is C10H21ClN2O2. The smallest absolute Gasteiger partial charge is 0.246 e. The van der Waals surface area contributed by atoms with Crippen LogP contribution in [0.15, 0.2) is 0 Å². The number of carbonyl (C=O) groups excluding carboxylic acids is 1. The molecule has 0 aromatic heterocycles. The fraction of sp³-hybridized carbons (Fsp3) is 0.900. The Balaban J connectivity index is 0.00000196. The zero-order valence-electron chi connectivity index (χ0n) is 9.41. The molecule has 2 unspecified atom stereocenters. The molecule has 1 saturated heterocycles. The Morgan fingerprint density at radius 1 is 1.60 bits per heavy atom. The monoisotopic (exact) mass is 236 g/mol. The number of piperidine rings is 1. The first kappa shape index (κ1) is 14.7. The van der Waals surface area contributed by atoms with E-state index in [9.17, 15) is 4.79 Å². The lowest BCUT2D eigenvalue weighted by Gasteiger charge is -2.30. The number of amides is 1. The highest BCUT2D eigenvalue weighted by molar-refractivity contribution is 5.85. The van der Waals surface area contributed by atoms with Gasteiger partial charge in [0, 0.05) is 12.6 Å². The van der Waals surface area contributed by atoms with Gasteiger partial charge in [-0.1, -0.05) is 6.92 Å². The van der Waals surface area contributed by atoms with Crippen molar-refractivity contribution in [3.05, 3.63) is 0 Å². The van der Waals surface area contributed by atoms with E-state index in [0.717, 1.165) is 19.5 Å². The molecule has 0 radical (unpaired) electrons. The molecule has 0 aliphatic carbocycles. The molecule has 1 aliphatic heterocycles. The molecule has 5 heteroatoms. The zero-order chi connectivity index (χ0) is 10.4. The zero-order valence-corrected chi connectivity index (χ0v) is 10.2. The van der Waals surface area contributed by atoms with Crippen LogP contribution in [0.2, 0.25) is 0 Å². The van der Waals surface area contributed by atoms with Crippen LogP contribution in [0.4, 0.5) is 0 Å². The van der Waals surface area contributed by atoms with E-state index in [-0.39, 0.29) is 24.9 Å². The number of rotatable bonds is 4. The molecular weight excluding hydrogens is 216 g/mol. The predicted molar refractivity (Wildman–Crippen MR) is 62.3 cm³/mol. The van der Waals surface area contributed by atoms with Gasteiger partial charge in [0.25, 0.3) is 0 Å². The van der Waals surface area contributed by atoms with E-state index < -0.39 is 0 Å². The molecule has 2 atom stereocenters. The van der Waals surface area contributed by atoms with Crippen molar-refractivity contribution in [3.8, 4) is 0 Å². The highest BCUT2D eigenvalue weighted by Gasteiger charge is 2.22. The van der Waals surface area contributed by atoms with Crippen LogP contribution in [-0.2, 0) is 9.53 Å². The van der Waals surface area contributed by atoms with Crippen LogP contribution in [0.3, 0.4) is 0 Å². The van der Waals surface area contributed by atoms with Gasteiger partial charge in [0.2, 0.25) is 5.91 Å². The highest BCUT2D eigenvalue weighted by atomic mass is 35.5. The maximum absolute atomic E-state index is 11.4. The van der Waals surface area contributed by atoms with Crippen LogP contribution in [0.5, 0.6) is 0 Å². The quantitative estimate of drug-likeness (QED) is 0.750. The first-order valence-corrected chi connectivity index (χ1v) is 5.32. The van der Waals surface area contributed by atoms with Crippen LogP contribution in [0, 0.1) is 5.92 Å². The topological polar surface area (TPSA) is 50.4 Å². The van der Waals surface area contributed by atoms with Crippen molar-refractivity contribution in [2.75, 3.05) is 26.3 Å². The molecule has 0 spiro atoms. The largest absolute Gasteiger partial charge is 0.372 e. The summed E-state index contributed by atoms with van der Waals surface area (Å²) in [6.45, 7) is 6.80. The van der Waals surface area contributed by atoms with Gasteiger partial charge >= 0.3 is 0 Å². The summed E-state index contributed by atoms with van der Waals surface area (Å²) in [6, 6.07) is 0.309. The Kier molecular flexibility index (Phi) is 7.74. The number of nitrogens with one attached hydrogen (secondary N) is 2. The fourth-order valence-electron chi connectivity index (χ4n) is 1.67. The van der Waals surface area contributed by atoms with E-state index >= 15 is 0 Å². The first-order valence-electron chi connectivity index (χ1n) is 5.32. The molecule has 1 aliphatic rings. The summed E-state index contributed by atoms with van der Waals surface area (Å²) in [5.41, 5.74) is 0. The summed E-state index contributed by atoms with van der Waals surface area (Å²) < 4.78 is 5.04. The van der Waals surface area contributed by atoms with Crippen LogP contribution in [0.1, 0.15) is 20.3 Å². The summed E-state index contributed by atoms with van der Waals surface area (Å²) in [4.78, 5) is 11.4. The lowest BCUT2D eigenvalue weighted by Crippen LogP contribution is -2.49. The number of ether oxygens (including phenoxy) is 1. The summed E-state index contributed by atoms with van der Waals surface area (Å²) >= 11 is 0. The van der Waals surface area contributed by atoms with Crippen molar-refractivity contribution in [2.24, 2.45) is 5.92 Å². The van der Waals surface area contributed by atoms with E-state index in [1.54, 1.807) is 0 Å². The number of hydrogen-bond donors (Lipinski definition) is 2. The SMILES string of the molecule is CCOCC(=O)NC1CCNCC1C.Cl. The normalized spacial score (nSPS) is 25.5. The van der Waals surface area contributed by atoms with Crippen LogP contribution < -0.4 is 10.6 Å². The number of hydrogen-bond acceptors (Lipinski definition) is 3. The maximum atomic E-state index is 11.4. The summed E-state index contributed by atoms with van der Waals surface area (Å²) in [5.74, 6) is 0.514. The Morgan fingerprint density at radius 3 is 2.93 bits per heavy atom. The molecule has 1 amide bonds. The molecule has 90 valence electrons. The van der Waals surface area contributed by atoms with Crippen molar-refractivity contribution >= 4 is 18.3 Å². The van der Waals surface area contributed by atoms with Crippen molar-refractivity contribution < 1.29 is 9.53 Å². The van der Waals surface area contributed by atoms with Crippen molar-refractivity contribution in [1.29, 1.82) is 0 Å². The average molecular weight is 237 g/mol. The molecule has 0 bridgehead atoms. The second-order valence-electron chi connectivity index (χ2n) is 3.78. The van der Waals surface area contributed by atoms with Crippen molar-refractivity contribution in [3.63, 3.8) is 0 Å². The number of carbonyl (C=O) groups is 1. The number of halogens is 1. The van der Waals surface area contributed by atoms with Crippen LogP contribution in [0.25, 0.3) is 0 Å². The van der Waals surface area contributed by atoms with Crippen LogP contribution in [-0.4, -0.2) is 38.3 Å². The predicted octanol–water partition coefficient (Wildman–Crippen LogP) is 0.559. The standard InChI is InChI=1S/C10H20N2O2.ClH/c1-3-14-7-10(13)12-9-4-5-11-6-8(9)2;/h8-9,11H,3-7H2,1-2H3,(H,12,13);1H. The third-order valence-electron chi connectivity index (χ3n) is 2.57. The van der Waals surface area contributed by atoms with E-state index in [2.05, 4.69) is 17.6 Å². The lowest BCUT2D eigenvalue weighted by molar-refractivity contribution is -0.126. The Labute approximate surface area is 97.5 Å². The Bertz CT molecular complexity index is 190. The van der Waals surface area contributed by atoms with E-state index in [1.165, 1.54) is 0 Å². The van der Waals surface area contributed by atoms with E-state index in [1.807, 2.05) is 6.92 Å². The van der Waals surface area contributed by atoms with Gasteiger partial charge in [-0.05, 0) is 32.4 Å². The molecule has 4 nitrogen and oxygen atoms in total. The minimum atomic E-state index is 0. The van der Waals surface area contributed by atoms with Gasteiger partial charge in [-0.25, -0.2) is 0 Å². The van der Waals surface area contributed by atoms with Gasteiger partial charge in [-0.3, -0.25) is 4.79 Å². The molecule has 2 N–H and O–H groups in total. The van der Waals surface area contributed by atoms with Crippen molar-refractivity contribution in [1.82, 2.24) is 10.6 Å². The summed E-state index contributed by atoms with van der Waals surface area (Å²) in [6.07, 6.45) is 1.01. The van der Waals surface area contributed by atoms with Gasteiger partial charge in [-0.15, -0.1) is 12.4 Å². The Hall–Kier alpha value is -0.320. The van der Waals surface area contributed by atoms with Gasteiger partial charge in [0.1, 0.15) is 6.61 Å². The van der Waals surface area contributed by atoms with Crippen molar-refractivity contribution in [2.45, 2.75) is 26.3 Å². The molecule has 15 heavy (non-hydrogen) atoms. The lowest BCUT2D eigenvalue weighted by atomic mass is 9.95. The minimum absolute atomic E-state index is 0. The third kappa shape index (κ3) is 5.35. The molecule has 0 saturated carbocycles. The second-order valence-corrected chi connectivity index (χ2v) is 3.78.